The Morgan fingerprint density at radius 3 is 2.68 bits per heavy atom. The molecular weight excluding hydrogens is 320 g/mol. The van der Waals surface area contributed by atoms with Crippen LogP contribution in [0.3, 0.4) is 0 Å². The van der Waals surface area contributed by atoms with Gasteiger partial charge in [0.05, 0.1) is 24.1 Å². The van der Waals surface area contributed by atoms with Gasteiger partial charge in [-0.05, 0) is 23.1 Å². The Labute approximate surface area is 146 Å². The van der Waals surface area contributed by atoms with Crippen LogP contribution in [-0.2, 0) is 22.5 Å². The van der Waals surface area contributed by atoms with Crippen molar-refractivity contribution in [3.05, 3.63) is 75.3 Å². The van der Waals surface area contributed by atoms with Crippen molar-refractivity contribution >= 4 is 11.6 Å². The fourth-order valence-electron chi connectivity index (χ4n) is 3.05. The second-order valence-corrected chi connectivity index (χ2v) is 6.19. The third kappa shape index (κ3) is 4.03. The molecule has 6 heteroatoms. The highest BCUT2D eigenvalue weighted by Crippen LogP contribution is 2.30. The molecule has 0 spiro atoms. The average Bonchev–Trinajstić information content (AvgIpc) is 2.62. The van der Waals surface area contributed by atoms with Crippen molar-refractivity contribution in [2.24, 2.45) is 0 Å². The van der Waals surface area contributed by atoms with E-state index in [1.54, 1.807) is 24.1 Å². The number of hydrogen-bond donors (Lipinski definition) is 0. The van der Waals surface area contributed by atoms with Crippen molar-refractivity contribution in [1.29, 1.82) is 0 Å². The zero-order valence-corrected chi connectivity index (χ0v) is 14.1. The predicted molar refractivity (Wildman–Crippen MR) is 93.0 cm³/mol. The second kappa shape index (κ2) is 7.44. The standard InChI is InChI=1S/C19H20N2O4/c1-20(13-14-6-8-16(9-7-14)21(23)24)19(22)12-18-17-5-3-2-4-15(17)10-11-25-18/h2-9,18H,10-13H2,1H3. The lowest BCUT2D eigenvalue weighted by molar-refractivity contribution is -0.384. The molecule has 1 heterocycles. The number of non-ortho nitro benzene ring substituents is 1. The topological polar surface area (TPSA) is 72.7 Å². The van der Waals surface area contributed by atoms with E-state index in [1.807, 2.05) is 18.2 Å². The monoisotopic (exact) mass is 340 g/mol. The molecule has 1 amide bonds. The summed E-state index contributed by atoms with van der Waals surface area (Å²) >= 11 is 0. The molecule has 0 aromatic heterocycles. The molecule has 6 nitrogen and oxygen atoms in total. The lowest BCUT2D eigenvalue weighted by atomic mass is 9.95. The van der Waals surface area contributed by atoms with E-state index in [4.69, 9.17) is 4.74 Å². The first-order chi connectivity index (χ1) is 12.0. The van der Waals surface area contributed by atoms with Gasteiger partial charge in [-0.25, -0.2) is 0 Å². The summed E-state index contributed by atoms with van der Waals surface area (Å²) in [6.07, 6.45) is 0.955. The highest BCUT2D eigenvalue weighted by Gasteiger charge is 2.24. The Kier molecular flexibility index (Phi) is 5.09. The Bertz CT molecular complexity index is 773. The quantitative estimate of drug-likeness (QED) is 0.618. The summed E-state index contributed by atoms with van der Waals surface area (Å²) in [7, 11) is 1.73. The van der Waals surface area contributed by atoms with Crippen molar-refractivity contribution in [3.63, 3.8) is 0 Å². The van der Waals surface area contributed by atoms with E-state index in [1.165, 1.54) is 17.7 Å². The number of ether oxygens (including phenoxy) is 1. The van der Waals surface area contributed by atoms with E-state index in [0.29, 0.717) is 19.6 Å². The molecule has 3 rings (SSSR count). The molecule has 0 aliphatic carbocycles. The maximum atomic E-state index is 12.5. The fourth-order valence-corrected chi connectivity index (χ4v) is 3.05. The van der Waals surface area contributed by atoms with Crippen LogP contribution in [0.25, 0.3) is 0 Å². The number of nitro benzene ring substituents is 1. The number of amides is 1. The summed E-state index contributed by atoms with van der Waals surface area (Å²) < 4.78 is 5.80. The van der Waals surface area contributed by atoms with Gasteiger partial charge in [0.15, 0.2) is 0 Å². The molecule has 25 heavy (non-hydrogen) atoms. The van der Waals surface area contributed by atoms with Crippen molar-refractivity contribution < 1.29 is 14.5 Å². The molecule has 1 aliphatic rings. The lowest BCUT2D eigenvalue weighted by Crippen LogP contribution is -2.29. The van der Waals surface area contributed by atoms with Crippen molar-refractivity contribution in [3.8, 4) is 0 Å². The fraction of sp³-hybridized carbons (Fsp3) is 0.316. The van der Waals surface area contributed by atoms with E-state index in [0.717, 1.165) is 17.5 Å². The summed E-state index contributed by atoms with van der Waals surface area (Å²) in [5, 5.41) is 10.7. The van der Waals surface area contributed by atoms with Crippen molar-refractivity contribution in [2.45, 2.75) is 25.5 Å². The van der Waals surface area contributed by atoms with Gasteiger partial charge in [-0.15, -0.1) is 0 Å². The van der Waals surface area contributed by atoms with Crippen LogP contribution in [-0.4, -0.2) is 29.4 Å². The summed E-state index contributed by atoms with van der Waals surface area (Å²) in [4.78, 5) is 24.4. The molecule has 2 aromatic rings. The molecule has 0 N–H and O–H groups in total. The summed E-state index contributed by atoms with van der Waals surface area (Å²) in [6, 6.07) is 14.3. The van der Waals surface area contributed by atoms with Crippen LogP contribution >= 0.6 is 0 Å². The van der Waals surface area contributed by atoms with Crippen LogP contribution in [0.15, 0.2) is 48.5 Å². The van der Waals surface area contributed by atoms with E-state index >= 15 is 0 Å². The number of nitrogens with zero attached hydrogens (tertiary/aromatic N) is 2. The normalized spacial score (nSPS) is 16.1. The molecule has 2 aromatic carbocycles. The first kappa shape index (κ1) is 17.1. The second-order valence-electron chi connectivity index (χ2n) is 6.19. The van der Waals surface area contributed by atoms with E-state index < -0.39 is 4.92 Å². The largest absolute Gasteiger partial charge is 0.373 e. The summed E-state index contributed by atoms with van der Waals surface area (Å²) in [5.74, 6) is -0.0138. The van der Waals surface area contributed by atoms with Gasteiger partial charge in [0.25, 0.3) is 5.69 Å². The summed E-state index contributed by atoms with van der Waals surface area (Å²) in [6.45, 7) is 1.03. The Balaban J connectivity index is 1.62. The van der Waals surface area contributed by atoms with Gasteiger partial charge < -0.3 is 9.64 Å². The van der Waals surface area contributed by atoms with Gasteiger partial charge in [0.2, 0.25) is 5.91 Å². The number of rotatable bonds is 5. The third-order valence-electron chi connectivity index (χ3n) is 4.45. The maximum absolute atomic E-state index is 12.5. The Morgan fingerprint density at radius 1 is 1.24 bits per heavy atom. The van der Waals surface area contributed by atoms with Crippen LogP contribution in [0.2, 0.25) is 0 Å². The molecule has 0 radical (unpaired) electrons. The summed E-state index contributed by atoms with van der Waals surface area (Å²) in [5.41, 5.74) is 3.23. The van der Waals surface area contributed by atoms with Gasteiger partial charge in [-0.2, -0.15) is 0 Å². The number of fused-ring (bicyclic) bond motifs is 1. The molecule has 0 bridgehead atoms. The molecule has 1 atom stereocenters. The van der Waals surface area contributed by atoms with Crippen molar-refractivity contribution in [1.82, 2.24) is 4.90 Å². The maximum Gasteiger partial charge on any atom is 0.269 e. The molecule has 0 saturated carbocycles. The van der Waals surface area contributed by atoms with Crippen LogP contribution in [0, 0.1) is 10.1 Å². The first-order valence-corrected chi connectivity index (χ1v) is 8.21. The van der Waals surface area contributed by atoms with Gasteiger partial charge in [0, 0.05) is 25.7 Å². The van der Waals surface area contributed by atoms with Crippen LogP contribution in [0.4, 0.5) is 5.69 Å². The number of benzene rings is 2. The number of carbonyl (C=O) groups is 1. The molecule has 1 unspecified atom stereocenters. The minimum absolute atomic E-state index is 0.0138. The van der Waals surface area contributed by atoms with Crippen LogP contribution < -0.4 is 0 Å². The molecule has 0 saturated heterocycles. The van der Waals surface area contributed by atoms with Crippen LogP contribution in [0.1, 0.15) is 29.2 Å². The van der Waals surface area contributed by atoms with Gasteiger partial charge in [-0.1, -0.05) is 36.4 Å². The van der Waals surface area contributed by atoms with E-state index in [-0.39, 0.29) is 17.7 Å². The zero-order chi connectivity index (χ0) is 17.8. The van der Waals surface area contributed by atoms with E-state index in [9.17, 15) is 14.9 Å². The van der Waals surface area contributed by atoms with Gasteiger partial charge >= 0.3 is 0 Å². The van der Waals surface area contributed by atoms with Crippen molar-refractivity contribution in [2.75, 3.05) is 13.7 Å². The number of hydrogen-bond acceptors (Lipinski definition) is 4. The molecule has 130 valence electrons. The molecule has 1 aliphatic heterocycles. The van der Waals surface area contributed by atoms with E-state index in [2.05, 4.69) is 6.07 Å². The third-order valence-corrected chi connectivity index (χ3v) is 4.45. The number of carbonyl (C=O) groups excluding carboxylic acids is 1. The minimum atomic E-state index is -0.434. The number of nitro groups is 1. The predicted octanol–water partition coefficient (Wildman–Crippen LogP) is 3.26. The zero-order valence-electron chi connectivity index (χ0n) is 14.1. The van der Waals surface area contributed by atoms with Crippen LogP contribution in [0.5, 0.6) is 0 Å². The van der Waals surface area contributed by atoms with Gasteiger partial charge in [-0.3, -0.25) is 14.9 Å². The lowest BCUT2D eigenvalue weighted by Gasteiger charge is -2.27. The first-order valence-electron chi connectivity index (χ1n) is 8.21. The van der Waals surface area contributed by atoms with Gasteiger partial charge in [0.1, 0.15) is 0 Å². The Hall–Kier alpha value is -2.73. The highest BCUT2D eigenvalue weighted by molar-refractivity contribution is 5.76. The Morgan fingerprint density at radius 2 is 1.96 bits per heavy atom. The minimum Gasteiger partial charge on any atom is -0.373 e. The average molecular weight is 340 g/mol. The molecule has 0 fully saturated rings. The smallest absolute Gasteiger partial charge is 0.269 e. The SMILES string of the molecule is CN(Cc1ccc([N+](=O)[O-])cc1)C(=O)CC1OCCc2ccccc21. The molecular formula is C19H20N2O4. The highest BCUT2D eigenvalue weighted by atomic mass is 16.6.